The third-order valence-electron chi connectivity index (χ3n) is 15.1. The average Bonchev–Trinajstić information content (AvgIpc) is 3.94. The van der Waals surface area contributed by atoms with Gasteiger partial charge in [-0.15, -0.1) is 10.2 Å². The van der Waals surface area contributed by atoms with Gasteiger partial charge in [-0.05, 0) is 113 Å². The van der Waals surface area contributed by atoms with Crippen LogP contribution in [0.4, 0.5) is 0 Å². The van der Waals surface area contributed by atoms with Crippen molar-refractivity contribution in [3.63, 3.8) is 0 Å². The second kappa shape index (κ2) is 28.1. The number of ketones is 3. The number of rotatable bonds is 6. The number of tetrazole rings is 1. The minimum Gasteiger partial charge on any atom is -0.460 e. The van der Waals surface area contributed by atoms with Crippen LogP contribution in [0.25, 0.3) is 0 Å². The molecule has 1 saturated carbocycles. The van der Waals surface area contributed by atoms with Gasteiger partial charge in [-0.25, -0.2) is 4.79 Å². The Morgan fingerprint density at radius 3 is 2.27 bits per heavy atom. The lowest BCUT2D eigenvalue weighted by atomic mass is 9.76. The summed E-state index contributed by atoms with van der Waals surface area (Å²) >= 11 is 0. The Labute approximate surface area is 415 Å². The topological polar surface area (TPSA) is 230 Å². The number of hydrogen-bond acceptors (Lipinski definition) is 15. The van der Waals surface area contributed by atoms with Gasteiger partial charge in [0.1, 0.15) is 30.1 Å². The Morgan fingerprint density at radius 1 is 0.886 bits per heavy atom. The van der Waals surface area contributed by atoms with Gasteiger partial charge in [-0.3, -0.25) is 19.2 Å². The van der Waals surface area contributed by atoms with Crippen LogP contribution in [0.15, 0.2) is 53.9 Å². The molecule has 17 nitrogen and oxygen atoms in total. The van der Waals surface area contributed by atoms with Gasteiger partial charge in [-0.1, -0.05) is 83.2 Å². The van der Waals surface area contributed by atoms with Gasteiger partial charge in [0, 0.05) is 58.5 Å². The number of aliphatic hydroxyl groups is 2. The fourth-order valence-electron chi connectivity index (χ4n) is 10.5. The van der Waals surface area contributed by atoms with E-state index in [1.54, 1.807) is 41.1 Å². The Hall–Kier alpha value is -4.26. The number of aromatic nitrogens is 4. The number of aliphatic hydroxyl groups excluding tert-OH is 1. The first-order valence-electron chi connectivity index (χ1n) is 25.4. The van der Waals surface area contributed by atoms with Crippen LogP contribution in [-0.2, 0) is 47.7 Å². The Bertz CT molecular complexity index is 1950. The molecule has 17 heteroatoms. The Kier molecular flexibility index (Phi) is 23.4. The highest BCUT2D eigenvalue weighted by atomic mass is 16.6. The van der Waals surface area contributed by atoms with Gasteiger partial charge in [0.25, 0.3) is 11.7 Å². The van der Waals surface area contributed by atoms with Crippen LogP contribution < -0.4 is 0 Å². The van der Waals surface area contributed by atoms with Crippen molar-refractivity contribution in [2.24, 2.45) is 41.4 Å². The molecule has 0 radical (unpaired) electrons. The smallest absolute Gasteiger partial charge is 0.329 e. The molecule has 4 aliphatic rings. The van der Waals surface area contributed by atoms with Crippen LogP contribution in [0, 0.1) is 41.4 Å². The molecule has 3 fully saturated rings. The molecule has 70 heavy (non-hydrogen) atoms. The number of hydrogen-bond donors (Lipinski definition) is 3. The second-order valence-electron chi connectivity index (χ2n) is 20.6. The van der Waals surface area contributed by atoms with Gasteiger partial charge in [0.2, 0.25) is 5.79 Å². The minimum absolute atomic E-state index is 0.0304. The average molecular weight is 982 g/mol. The third-order valence-corrected chi connectivity index (χ3v) is 15.1. The van der Waals surface area contributed by atoms with Gasteiger partial charge in [-0.2, -0.15) is 5.21 Å². The van der Waals surface area contributed by atoms with Crippen molar-refractivity contribution in [2.45, 2.75) is 181 Å². The quantitative estimate of drug-likeness (QED) is 0.154. The zero-order valence-corrected chi connectivity index (χ0v) is 43.6. The number of nitrogens with one attached hydrogen (secondary N) is 1. The van der Waals surface area contributed by atoms with Crippen LogP contribution in [-0.4, -0.2) is 141 Å². The highest BCUT2D eigenvalue weighted by molar-refractivity contribution is 6.39. The highest BCUT2D eigenvalue weighted by Gasteiger charge is 2.53. The number of cyclic esters (lactones) is 1. The molecule has 1 amide bonds. The first-order chi connectivity index (χ1) is 33.2. The molecule has 2 saturated heterocycles. The summed E-state index contributed by atoms with van der Waals surface area (Å²) in [6.07, 6.45) is 15.0. The highest BCUT2D eigenvalue weighted by Crippen LogP contribution is 2.38. The van der Waals surface area contributed by atoms with Crippen LogP contribution in [0.1, 0.15) is 132 Å². The van der Waals surface area contributed by atoms with Crippen LogP contribution >= 0.6 is 0 Å². The van der Waals surface area contributed by atoms with E-state index in [4.69, 9.17) is 23.7 Å². The molecule has 0 spiro atoms. The Balaban J connectivity index is 0.00000200. The van der Waals surface area contributed by atoms with Crippen LogP contribution in [0.2, 0.25) is 0 Å². The minimum atomic E-state index is -2.41. The van der Waals surface area contributed by atoms with Crippen molar-refractivity contribution in [1.29, 1.82) is 0 Å². The lowest BCUT2D eigenvalue weighted by Crippen LogP contribution is -2.61. The molecular weight excluding hydrogens is 899 g/mol. The number of methoxy groups -OCH3 is 3. The maximum absolute atomic E-state index is 14.4. The van der Waals surface area contributed by atoms with E-state index < -0.39 is 77.8 Å². The normalized spacial score (nSPS) is 36.9. The van der Waals surface area contributed by atoms with E-state index in [1.165, 1.54) is 18.3 Å². The predicted molar refractivity (Wildman–Crippen MR) is 262 cm³/mol. The molecule has 3 N–H and O–H groups in total. The first kappa shape index (κ1) is 58.3. The number of allylic oxidation sites excluding steroid dienone is 6. The van der Waals surface area contributed by atoms with Crippen LogP contribution in [0.3, 0.4) is 0 Å². The summed E-state index contributed by atoms with van der Waals surface area (Å²) in [4.78, 5) is 71.9. The molecule has 2 bridgehead atoms. The number of Topliss-reactive ketones (excluding diaryl/α,β-unsaturated/α-hetero) is 3. The van der Waals surface area contributed by atoms with Gasteiger partial charge in [0.05, 0.1) is 18.3 Å². The summed E-state index contributed by atoms with van der Waals surface area (Å²) in [6, 6.07) is -1.11. The lowest BCUT2D eigenvalue weighted by molar-refractivity contribution is -0.265. The summed E-state index contributed by atoms with van der Waals surface area (Å²) in [5, 5.41) is 35.6. The standard InChI is InChI=1S/C52H81NO12.CH2N4/c1-31-17-13-12-14-18-32(2)44(62-10)29-40-23-21-38(8)52(60,65-40)49(57)50(58)53-24-16-15-19-41(53)51(59)64-45(35(5)27-39-22-20-33(3)43(28-39)61-9)30-42(54)34(4)26-37(7)47(56)48(63-11)46(55)36(6)25-31;1-2-4-5-3-1/h12-14,17-18,26,31,33-36,38-41,43-45,47-48,56,60H,15-16,19-25,27-30H2,1-11H3;1H,(H,2,3,4,5)/b14-12?,17-13+,32-18?,37-26+;/t31?,33-,34?,35?,36?,38?,39-,40?,41-,43?,44?,45?,47?,48?,52?;/m0./s1. The molecule has 4 heterocycles. The molecule has 5 rings (SSSR count). The lowest BCUT2D eigenvalue weighted by Gasteiger charge is -2.42. The first-order valence-corrected chi connectivity index (χ1v) is 25.4. The number of aromatic amines is 1. The summed E-state index contributed by atoms with van der Waals surface area (Å²) in [5.74, 6) is -7.07. The summed E-state index contributed by atoms with van der Waals surface area (Å²) in [5.41, 5.74) is 1.30. The monoisotopic (exact) mass is 982 g/mol. The van der Waals surface area contributed by atoms with Crippen molar-refractivity contribution >= 4 is 29.2 Å². The van der Waals surface area contributed by atoms with Crippen LogP contribution in [0.5, 0.6) is 0 Å². The van der Waals surface area contributed by atoms with E-state index >= 15 is 0 Å². The maximum atomic E-state index is 14.4. The number of esters is 1. The fourth-order valence-corrected chi connectivity index (χ4v) is 10.5. The summed E-state index contributed by atoms with van der Waals surface area (Å²) in [7, 11) is 4.70. The van der Waals surface area contributed by atoms with E-state index in [1.807, 2.05) is 58.1 Å². The molecular formula is C53H83N5O12. The van der Waals surface area contributed by atoms with E-state index in [0.29, 0.717) is 56.4 Å². The Morgan fingerprint density at radius 2 is 1.63 bits per heavy atom. The van der Waals surface area contributed by atoms with Crippen molar-refractivity contribution in [2.75, 3.05) is 27.9 Å². The molecule has 392 valence electrons. The zero-order chi connectivity index (χ0) is 51.7. The molecule has 12 unspecified atom stereocenters. The molecule has 0 aromatic carbocycles. The number of piperidine rings is 1. The van der Waals surface area contributed by atoms with Gasteiger partial charge < -0.3 is 38.8 Å². The van der Waals surface area contributed by atoms with Crippen molar-refractivity contribution in [3.05, 3.63) is 53.9 Å². The largest absolute Gasteiger partial charge is 0.460 e. The summed E-state index contributed by atoms with van der Waals surface area (Å²) < 4.78 is 29.7. The van der Waals surface area contributed by atoms with E-state index in [2.05, 4.69) is 27.5 Å². The number of carbonyl (C=O) groups excluding carboxylic acids is 5. The van der Waals surface area contributed by atoms with Gasteiger partial charge in [0.15, 0.2) is 12.1 Å². The third kappa shape index (κ3) is 16.1. The number of carbonyl (C=O) groups is 5. The molecule has 3 aliphatic heterocycles. The van der Waals surface area contributed by atoms with Crippen molar-refractivity contribution < 1.29 is 57.9 Å². The molecule has 1 aromatic heterocycles. The molecule has 1 aromatic rings. The fraction of sp³-hybridized carbons (Fsp3) is 0.736. The predicted octanol–water partition coefficient (Wildman–Crippen LogP) is 6.66. The number of amides is 1. The number of ether oxygens (including phenoxy) is 5. The molecule has 1 aliphatic carbocycles. The summed E-state index contributed by atoms with van der Waals surface area (Å²) in [6.45, 7) is 15.1. The number of nitrogens with zero attached hydrogens (tertiary/aromatic N) is 4. The van der Waals surface area contributed by atoms with E-state index in [9.17, 15) is 34.2 Å². The maximum Gasteiger partial charge on any atom is 0.329 e. The molecule has 15 atom stereocenters. The van der Waals surface area contributed by atoms with Crippen molar-refractivity contribution in [3.8, 4) is 0 Å². The number of H-pyrrole nitrogens is 1. The van der Waals surface area contributed by atoms with E-state index in [0.717, 1.165) is 24.8 Å². The SMILES string of the molecule is COC1CC2CCC(C)C(O)(O2)C(=O)C(=O)N2CCCC[C@H]2C(=O)OC(C(C)C[C@@H]2CC[C@H](C)C(OC)C2)CC(=O)C(C)/C=C(\C)C(O)C(OC)C(=O)C(C)CC(C)/C=C/C=CC=C1C.c1nn[nH]n1. The zero-order valence-electron chi connectivity index (χ0n) is 43.6. The van der Waals surface area contributed by atoms with E-state index in [-0.39, 0.29) is 54.8 Å². The van der Waals surface area contributed by atoms with Crippen molar-refractivity contribution in [1.82, 2.24) is 25.5 Å². The number of fused-ring (bicyclic) bond motifs is 3. The van der Waals surface area contributed by atoms with Gasteiger partial charge >= 0.3 is 5.97 Å². The second-order valence-corrected chi connectivity index (χ2v) is 20.6.